The van der Waals surface area contributed by atoms with Crippen molar-refractivity contribution in [3.8, 4) is 0 Å². The van der Waals surface area contributed by atoms with E-state index in [9.17, 15) is 43.2 Å². The molecule has 17 nitrogen and oxygen atoms in total. The van der Waals surface area contributed by atoms with Gasteiger partial charge in [0.05, 0.1) is 32.8 Å². The van der Waals surface area contributed by atoms with Gasteiger partial charge in [0, 0.05) is 19.3 Å². The van der Waals surface area contributed by atoms with Crippen molar-refractivity contribution in [1.82, 2.24) is 0 Å². The molecule has 0 bridgehead atoms. The summed E-state index contributed by atoms with van der Waals surface area (Å²) in [7, 11) is -10.0. The quantitative estimate of drug-likeness (QED) is 0.0169. The SMILES string of the molecule is CC/C=C\C/C=C\C/C=C\C/C=C\C/C=C\CCCCCC(=O)OCC(COP(=O)(O)OCC(O)COP(=O)(O)OCC(COC(=O)C/C=C\C/C=C\C/C=C\C/C=C\C/C=C\CC)OC(=O)CCCCCCC/C=C\CCCCCCCC)OC(=O)CCCCCCC/C=C\C/C=C\CCC. The number of esters is 4. The average molecular weight is 1470 g/mol. The third-order valence-electron chi connectivity index (χ3n) is 15.5. The van der Waals surface area contributed by atoms with E-state index in [2.05, 4.69) is 161 Å². The van der Waals surface area contributed by atoms with Gasteiger partial charge in [0.2, 0.25) is 0 Å². The lowest BCUT2D eigenvalue weighted by atomic mass is 10.1. The summed E-state index contributed by atoms with van der Waals surface area (Å²) < 4.78 is 68.3. The number of hydrogen-bond acceptors (Lipinski definition) is 15. The van der Waals surface area contributed by atoms with Crippen molar-refractivity contribution >= 4 is 39.5 Å². The van der Waals surface area contributed by atoms with Crippen LogP contribution in [0.2, 0.25) is 0 Å². The van der Waals surface area contributed by atoms with Gasteiger partial charge in [0.1, 0.15) is 19.3 Å². The highest BCUT2D eigenvalue weighted by molar-refractivity contribution is 7.47. The second kappa shape index (κ2) is 74.0. The molecule has 0 aromatic heterocycles. The molecule has 0 aliphatic rings. The van der Waals surface area contributed by atoms with Crippen molar-refractivity contribution in [3.05, 3.63) is 158 Å². The molecule has 0 aliphatic heterocycles. The highest BCUT2D eigenvalue weighted by Gasteiger charge is 2.30. The van der Waals surface area contributed by atoms with E-state index in [4.69, 9.17) is 37.0 Å². The fraction of sp³-hybridized carbons (Fsp3) is 0.639. The summed E-state index contributed by atoms with van der Waals surface area (Å²) in [6.45, 7) is 4.38. The largest absolute Gasteiger partial charge is 0.472 e. The molecular formula is C83H136O17P2. The van der Waals surface area contributed by atoms with Gasteiger partial charge in [0.15, 0.2) is 12.2 Å². The maximum absolute atomic E-state index is 13.1. The number of aliphatic hydroxyl groups is 1. The molecule has 580 valence electrons. The summed E-state index contributed by atoms with van der Waals surface area (Å²) >= 11 is 0. The molecule has 0 aromatic rings. The van der Waals surface area contributed by atoms with Crippen LogP contribution in [0, 0.1) is 0 Å². The highest BCUT2D eigenvalue weighted by Crippen LogP contribution is 2.45. The molecule has 0 aliphatic carbocycles. The fourth-order valence-electron chi connectivity index (χ4n) is 9.65. The number of rotatable bonds is 71. The minimum atomic E-state index is -5.00. The monoisotopic (exact) mass is 1470 g/mol. The summed E-state index contributed by atoms with van der Waals surface area (Å²) in [5, 5.41) is 10.6. The molecule has 5 unspecified atom stereocenters. The molecule has 0 fully saturated rings. The molecule has 0 amide bonds. The Morgan fingerprint density at radius 3 is 0.931 bits per heavy atom. The lowest BCUT2D eigenvalue weighted by Crippen LogP contribution is -2.30. The molecule has 0 saturated heterocycles. The summed E-state index contributed by atoms with van der Waals surface area (Å²) in [4.78, 5) is 72.8. The van der Waals surface area contributed by atoms with Crippen LogP contribution >= 0.6 is 15.6 Å². The molecule has 0 saturated carbocycles. The van der Waals surface area contributed by atoms with Crippen LogP contribution in [0.1, 0.15) is 285 Å². The number of hydrogen-bond donors (Lipinski definition) is 3. The van der Waals surface area contributed by atoms with E-state index < -0.39 is 97.5 Å². The number of carbonyl (C=O) groups excluding carboxylic acids is 4. The van der Waals surface area contributed by atoms with E-state index in [1.54, 1.807) is 6.08 Å². The van der Waals surface area contributed by atoms with Crippen LogP contribution in [0.5, 0.6) is 0 Å². The van der Waals surface area contributed by atoms with Gasteiger partial charge in [-0.1, -0.05) is 269 Å². The van der Waals surface area contributed by atoms with E-state index >= 15 is 0 Å². The van der Waals surface area contributed by atoms with E-state index in [1.165, 1.54) is 38.5 Å². The fourth-order valence-corrected chi connectivity index (χ4v) is 11.2. The normalized spacial score (nSPS) is 14.8. The van der Waals surface area contributed by atoms with Gasteiger partial charge in [-0.25, -0.2) is 9.13 Å². The Hall–Kier alpha value is -5.32. The Morgan fingerprint density at radius 2 is 0.569 bits per heavy atom. The van der Waals surface area contributed by atoms with Crippen molar-refractivity contribution < 1.29 is 80.2 Å². The van der Waals surface area contributed by atoms with Gasteiger partial charge in [-0.05, 0) is 148 Å². The third-order valence-corrected chi connectivity index (χ3v) is 17.4. The topological polar surface area (TPSA) is 237 Å². The van der Waals surface area contributed by atoms with Gasteiger partial charge in [-0.3, -0.25) is 37.3 Å². The lowest BCUT2D eigenvalue weighted by molar-refractivity contribution is -0.161. The van der Waals surface area contributed by atoms with Crippen LogP contribution in [0.4, 0.5) is 0 Å². The first-order valence-corrected chi connectivity index (χ1v) is 41.7. The van der Waals surface area contributed by atoms with Gasteiger partial charge >= 0.3 is 39.5 Å². The first kappa shape index (κ1) is 96.7. The summed E-state index contributed by atoms with van der Waals surface area (Å²) in [6.07, 6.45) is 85.5. The summed E-state index contributed by atoms with van der Waals surface area (Å²) in [5.74, 6) is -2.39. The summed E-state index contributed by atoms with van der Waals surface area (Å²) in [5.41, 5.74) is 0. The van der Waals surface area contributed by atoms with Crippen LogP contribution in [0.3, 0.4) is 0 Å². The number of unbranched alkanes of at least 4 members (excludes halogenated alkanes) is 20. The Morgan fingerprint density at radius 1 is 0.294 bits per heavy atom. The van der Waals surface area contributed by atoms with Crippen molar-refractivity contribution in [2.24, 2.45) is 0 Å². The van der Waals surface area contributed by atoms with Crippen molar-refractivity contribution in [2.75, 3.05) is 39.6 Å². The number of phosphoric ester groups is 2. The molecule has 0 aromatic carbocycles. The van der Waals surface area contributed by atoms with Gasteiger partial charge in [-0.2, -0.15) is 0 Å². The third kappa shape index (κ3) is 73.0. The maximum Gasteiger partial charge on any atom is 0.472 e. The molecule has 102 heavy (non-hydrogen) atoms. The molecule has 19 heteroatoms. The highest BCUT2D eigenvalue weighted by atomic mass is 31.2. The van der Waals surface area contributed by atoms with E-state index in [0.717, 1.165) is 167 Å². The first-order valence-electron chi connectivity index (χ1n) is 38.7. The van der Waals surface area contributed by atoms with E-state index in [-0.39, 0.29) is 25.7 Å². The van der Waals surface area contributed by atoms with Crippen LogP contribution in [0.15, 0.2) is 158 Å². The number of phosphoric acid groups is 2. The standard InChI is InChI=1S/C83H136O17P2/c1-5-9-13-17-21-25-29-33-36-37-38-39-42-45-48-52-56-60-64-68-81(86)94-73-78(99-82(87)69-65-61-57-53-49-43-32-28-24-20-16-12-8-4)75-97-101(89,90)95-71-77(84)72-96-102(91,92)98-76-79(100-83(88)70-66-62-58-54-50-46-41-35-31-27-23-19-15-11-7-3)74-93-80(85)67-63-59-55-51-47-44-40-34-30-26-22-18-14-10-6-2/h9-10,13-14,16,20-22,25-26,28,32-36,38-41,45,47-48,51,59,63,77-79,84H,5-8,11-12,15,17-19,23-24,27,29-31,37,42-44,46,49-50,52-58,60-62,64-76H2,1-4H3,(H,89,90)(H,91,92)/b13-9-,14-10-,20-16-,25-21-,26-22-,32-28-,36-33-,39-38-,40-34-,41-35-,48-45-,51-47-,63-59-. The maximum atomic E-state index is 13.1. The number of carbonyl (C=O) groups is 4. The predicted octanol–water partition coefficient (Wildman–Crippen LogP) is 22.4. The van der Waals surface area contributed by atoms with Crippen LogP contribution < -0.4 is 0 Å². The van der Waals surface area contributed by atoms with E-state index in [1.807, 2.05) is 18.2 Å². The Balaban J connectivity index is 5.46. The number of aliphatic hydroxyl groups excluding tert-OH is 1. The molecule has 0 spiro atoms. The molecular weight excluding hydrogens is 1330 g/mol. The second-order valence-corrected chi connectivity index (χ2v) is 28.1. The minimum Gasteiger partial charge on any atom is -0.462 e. The zero-order valence-electron chi connectivity index (χ0n) is 63.2. The Labute approximate surface area is 617 Å². The molecule has 5 atom stereocenters. The van der Waals surface area contributed by atoms with Crippen molar-refractivity contribution in [1.29, 1.82) is 0 Å². The van der Waals surface area contributed by atoms with Crippen molar-refractivity contribution in [2.45, 2.75) is 303 Å². The van der Waals surface area contributed by atoms with Crippen LogP contribution in [0.25, 0.3) is 0 Å². The lowest BCUT2D eigenvalue weighted by Gasteiger charge is -2.21. The average Bonchev–Trinajstić information content (AvgIpc) is 0.908. The molecule has 0 heterocycles. The zero-order valence-corrected chi connectivity index (χ0v) is 65.0. The predicted molar refractivity (Wildman–Crippen MR) is 417 cm³/mol. The Bertz CT molecular complexity index is 2550. The van der Waals surface area contributed by atoms with Gasteiger partial charge < -0.3 is 33.8 Å². The van der Waals surface area contributed by atoms with Gasteiger partial charge in [0.25, 0.3) is 0 Å². The van der Waals surface area contributed by atoms with Gasteiger partial charge in [-0.15, -0.1) is 0 Å². The number of ether oxygens (including phenoxy) is 4. The second-order valence-electron chi connectivity index (χ2n) is 25.2. The summed E-state index contributed by atoms with van der Waals surface area (Å²) in [6, 6.07) is 0. The minimum absolute atomic E-state index is 0.0606. The molecule has 3 N–H and O–H groups in total. The molecule has 0 rings (SSSR count). The molecule has 0 radical (unpaired) electrons. The number of allylic oxidation sites excluding steroid dienone is 25. The zero-order chi connectivity index (χ0) is 74.6. The van der Waals surface area contributed by atoms with Crippen LogP contribution in [-0.4, -0.2) is 96.7 Å². The smallest absolute Gasteiger partial charge is 0.462 e. The first-order chi connectivity index (χ1) is 49.7. The van der Waals surface area contributed by atoms with Crippen LogP contribution in [-0.2, 0) is 65.4 Å². The van der Waals surface area contributed by atoms with Crippen molar-refractivity contribution in [3.63, 3.8) is 0 Å². The Kier molecular flexibility index (Phi) is 70.1. The van der Waals surface area contributed by atoms with E-state index in [0.29, 0.717) is 25.7 Å².